The normalized spacial score (nSPS) is 18.3. The number of fused-ring (bicyclic) bond motifs is 3. The summed E-state index contributed by atoms with van der Waals surface area (Å²) in [6.07, 6.45) is -7.77. The van der Waals surface area contributed by atoms with E-state index in [-0.39, 0.29) is 50.5 Å². The fraction of sp³-hybridized carbons (Fsp3) is 0.545. The molecule has 0 saturated carbocycles. The highest BCUT2D eigenvalue weighted by atomic mass is 19.4. The van der Waals surface area contributed by atoms with Crippen molar-refractivity contribution in [2.75, 3.05) is 49.7 Å². The van der Waals surface area contributed by atoms with Crippen LogP contribution >= 0.6 is 0 Å². The van der Waals surface area contributed by atoms with Crippen LogP contribution in [0.15, 0.2) is 23.3 Å². The number of aromatic nitrogens is 3. The third-order valence-corrected chi connectivity index (χ3v) is 6.07. The Balaban J connectivity index is 1.24. The SMILES string of the molecule is CC(COCCC(=O)N1CCN2c3ncc(C(F)(F)F)cc3OC[C@H]2C1)Nc1cn[nH]c(=O)c1C(F)(F)F. The third kappa shape index (κ3) is 6.11. The Morgan fingerprint density at radius 2 is 2.00 bits per heavy atom. The zero-order valence-corrected chi connectivity index (χ0v) is 20.0. The highest BCUT2D eigenvalue weighted by molar-refractivity contribution is 5.77. The van der Waals surface area contributed by atoms with Crippen LogP contribution < -0.4 is 20.5 Å². The Bertz CT molecular complexity index is 1220. The van der Waals surface area contributed by atoms with Crippen LogP contribution in [0, 0.1) is 0 Å². The molecule has 0 aromatic carbocycles. The molecule has 208 valence electrons. The van der Waals surface area contributed by atoms with E-state index in [0.29, 0.717) is 18.9 Å². The highest BCUT2D eigenvalue weighted by Gasteiger charge is 2.39. The van der Waals surface area contributed by atoms with E-state index in [1.54, 1.807) is 16.9 Å². The molecule has 4 heterocycles. The summed E-state index contributed by atoms with van der Waals surface area (Å²) in [6, 6.07) is 0.0164. The van der Waals surface area contributed by atoms with Crippen LogP contribution in [0.3, 0.4) is 0 Å². The Morgan fingerprint density at radius 3 is 2.71 bits per heavy atom. The number of H-pyrrole nitrogens is 1. The van der Waals surface area contributed by atoms with Crippen molar-refractivity contribution in [3.8, 4) is 5.75 Å². The summed E-state index contributed by atoms with van der Waals surface area (Å²) in [7, 11) is 0. The van der Waals surface area contributed by atoms with Gasteiger partial charge in [-0.1, -0.05) is 0 Å². The van der Waals surface area contributed by atoms with Crippen molar-refractivity contribution in [2.24, 2.45) is 0 Å². The van der Waals surface area contributed by atoms with E-state index in [1.807, 2.05) is 4.90 Å². The van der Waals surface area contributed by atoms with Crippen molar-refractivity contribution in [1.82, 2.24) is 20.1 Å². The second kappa shape index (κ2) is 10.7. The summed E-state index contributed by atoms with van der Waals surface area (Å²) in [5, 5.41) is 7.69. The number of amides is 1. The first-order valence-corrected chi connectivity index (χ1v) is 11.6. The van der Waals surface area contributed by atoms with Crippen molar-refractivity contribution < 1.29 is 40.6 Å². The van der Waals surface area contributed by atoms with Gasteiger partial charge in [-0.15, -0.1) is 0 Å². The number of halogens is 6. The van der Waals surface area contributed by atoms with Gasteiger partial charge in [0.1, 0.15) is 12.2 Å². The lowest BCUT2D eigenvalue weighted by molar-refractivity contribution is -0.138. The second-order valence-electron chi connectivity index (χ2n) is 8.90. The van der Waals surface area contributed by atoms with Gasteiger partial charge < -0.3 is 24.6 Å². The molecule has 2 aromatic heterocycles. The molecular formula is C22H24F6N6O4. The smallest absolute Gasteiger partial charge is 0.423 e. The lowest BCUT2D eigenvalue weighted by atomic mass is 10.1. The number of rotatable bonds is 7. The molecule has 0 spiro atoms. The molecule has 1 saturated heterocycles. The molecule has 2 aliphatic rings. The van der Waals surface area contributed by atoms with Crippen molar-refractivity contribution >= 4 is 17.4 Å². The molecule has 38 heavy (non-hydrogen) atoms. The van der Waals surface area contributed by atoms with Crippen molar-refractivity contribution in [1.29, 1.82) is 0 Å². The second-order valence-corrected chi connectivity index (χ2v) is 8.90. The fourth-order valence-electron chi connectivity index (χ4n) is 4.28. The van der Waals surface area contributed by atoms with Gasteiger partial charge in [-0.3, -0.25) is 9.59 Å². The van der Waals surface area contributed by atoms with Crippen LogP contribution in [-0.2, 0) is 21.9 Å². The summed E-state index contributed by atoms with van der Waals surface area (Å²) in [6.45, 7) is 2.59. The van der Waals surface area contributed by atoms with Gasteiger partial charge in [0.25, 0.3) is 5.56 Å². The summed E-state index contributed by atoms with van der Waals surface area (Å²) >= 11 is 0. The summed E-state index contributed by atoms with van der Waals surface area (Å²) in [4.78, 5) is 31.6. The molecule has 2 aliphatic heterocycles. The minimum atomic E-state index is -4.87. The van der Waals surface area contributed by atoms with Gasteiger partial charge >= 0.3 is 12.4 Å². The fourth-order valence-corrected chi connectivity index (χ4v) is 4.28. The third-order valence-electron chi connectivity index (χ3n) is 6.07. The monoisotopic (exact) mass is 550 g/mol. The maximum absolute atomic E-state index is 13.2. The quantitative estimate of drug-likeness (QED) is 0.400. The minimum absolute atomic E-state index is 0.0105. The van der Waals surface area contributed by atoms with Crippen LogP contribution in [0.1, 0.15) is 24.5 Å². The predicted octanol–water partition coefficient (Wildman–Crippen LogP) is 2.52. The molecule has 10 nitrogen and oxygen atoms in total. The highest BCUT2D eigenvalue weighted by Crippen LogP contribution is 2.38. The number of pyridine rings is 1. The largest absolute Gasteiger partial charge is 0.487 e. The first kappa shape index (κ1) is 27.5. The van der Waals surface area contributed by atoms with E-state index < -0.39 is 40.8 Å². The van der Waals surface area contributed by atoms with Crippen LogP contribution in [0.4, 0.5) is 37.8 Å². The van der Waals surface area contributed by atoms with Gasteiger partial charge in [-0.2, -0.15) is 31.4 Å². The average molecular weight is 550 g/mol. The van der Waals surface area contributed by atoms with Gasteiger partial charge in [0.05, 0.1) is 43.1 Å². The Morgan fingerprint density at radius 1 is 1.24 bits per heavy atom. The van der Waals surface area contributed by atoms with Gasteiger partial charge in [-0.25, -0.2) is 10.1 Å². The van der Waals surface area contributed by atoms with Gasteiger partial charge in [0, 0.05) is 31.9 Å². The summed E-state index contributed by atoms with van der Waals surface area (Å²) in [5.74, 6) is 0.135. The van der Waals surface area contributed by atoms with Gasteiger partial charge in [-0.05, 0) is 13.0 Å². The van der Waals surface area contributed by atoms with E-state index in [9.17, 15) is 35.9 Å². The number of anilines is 2. The summed E-state index contributed by atoms with van der Waals surface area (Å²) < 4.78 is 89.2. The number of nitrogens with one attached hydrogen (secondary N) is 2. The first-order chi connectivity index (χ1) is 17.8. The van der Waals surface area contributed by atoms with E-state index in [2.05, 4.69) is 15.4 Å². The number of carbonyl (C=O) groups is 1. The van der Waals surface area contributed by atoms with E-state index in [1.165, 1.54) is 0 Å². The standard InChI is InChI=1S/C22H24F6N6O4/c1-12(31-15-8-30-32-20(36)18(15)22(26,27)28)10-37-5-2-17(35)33-3-4-34-14(9-33)11-38-16-6-13(21(23,24)25)7-29-19(16)34/h6-8,12,14H,2-5,9-11H2,1H3,(H2,31,32,36)/t12?,14-/m1/s1. The Kier molecular flexibility index (Phi) is 7.71. The van der Waals surface area contributed by atoms with E-state index >= 15 is 0 Å². The Hall–Kier alpha value is -3.56. The number of nitrogens with zero attached hydrogens (tertiary/aromatic N) is 4. The molecule has 2 aromatic rings. The van der Waals surface area contributed by atoms with Gasteiger partial charge in [0.15, 0.2) is 11.6 Å². The molecule has 1 amide bonds. The van der Waals surface area contributed by atoms with E-state index in [4.69, 9.17) is 9.47 Å². The van der Waals surface area contributed by atoms with Crippen LogP contribution in [-0.4, -0.2) is 77.5 Å². The lowest BCUT2D eigenvalue weighted by Crippen LogP contribution is -2.58. The van der Waals surface area contributed by atoms with Crippen LogP contribution in [0.5, 0.6) is 5.75 Å². The van der Waals surface area contributed by atoms with Crippen molar-refractivity contribution in [3.63, 3.8) is 0 Å². The molecule has 2 atom stereocenters. The first-order valence-electron chi connectivity index (χ1n) is 11.6. The van der Waals surface area contributed by atoms with Crippen molar-refractivity contribution in [3.05, 3.63) is 39.9 Å². The Labute approximate surface area is 211 Å². The topological polar surface area (TPSA) is 113 Å². The predicted molar refractivity (Wildman–Crippen MR) is 121 cm³/mol. The molecular weight excluding hydrogens is 526 g/mol. The maximum atomic E-state index is 13.2. The van der Waals surface area contributed by atoms with Crippen LogP contribution in [0.25, 0.3) is 0 Å². The van der Waals surface area contributed by atoms with Crippen LogP contribution in [0.2, 0.25) is 0 Å². The lowest BCUT2D eigenvalue weighted by Gasteiger charge is -2.44. The van der Waals surface area contributed by atoms with Gasteiger partial charge in [0.2, 0.25) is 5.91 Å². The molecule has 0 bridgehead atoms. The number of piperazine rings is 1. The molecule has 16 heteroatoms. The zero-order chi connectivity index (χ0) is 27.7. The number of hydrogen-bond donors (Lipinski definition) is 2. The molecule has 1 fully saturated rings. The number of hydrogen-bond acceptors (Lipinski definition) is 8. The molecule has 0 aliphatic carbocycles. The average Bonchev–Trinajstić information content (AvgIpc) is 2.84. The number of aromatic amines is 1. The minimum Gasteiger partial charge on any atom is -0.487 e. The number of ether oxygens (including phenoxy) is 2. The molecule has 0 radical (unpaired) electrons. The van der Waals surface area contributed by atoms with Crippen molar-refractivity contribution in [2.45, 2.75) is 37.8 Å². The zero-order valence-electron chi connectivity index (χ0n) is 20.0. The van der Waals surface area contributed by atoms with E-state index in [0.717, 1.165) is 18.5 Å². The maximum Gasteiger partial charge on any atom is 0.423 e. The molecule has 2 N–H and O–H groups in total. The molecule has 1 unspecified atom stereocenters. The number of alkyl halides is 6. The number of carbonyl (C=O) groups excluding carboxylic acids is 1. The molecule has 4 rings (SSSR count). The summed E-state index contributed by atoms with van der Waals surface area (Å²) in [5.41, 5.74) is -4.14.